The van der Waals surface area contributed by atoms with Gasteiger partial charge in [0.2, 0.25) is 0 Å². The third kappa shape index (κ3) is 5.79. The molecule has 35 heavy (non-hydrogen) atoms. The predicted octanol–water partition coefficient (Wildman–Crippen LogP) is 3.40. The second kappa shape index (κ2) is 11.6. The van der Waals surface area contributed by atoms with Crippen LogP contribution < -0.4 is 19.8 Å². The van der Waals surface area contributed by atoms with Crippen molar-refractivity contribution in [2.45, 2.75) is 32.6 Å². The summed E-state index contributed by atoms with van der Waals surface area (Å²) in [6.45, 7) is 6.09. The van der Waals surface area contributed by atoms with Crippen molar-refractivity contribution in [1.82, 2.24) is 9.88 Å². The van der Waals surface area contributed by atoms with E-state index in [0.29, 0.717) is 43.4 Å². The number of nitrogens with zero attached hydrogens (tertiary/aromatic N) is 1. The fourth-order valence-corrected chi connectivity index (χ4v) is 4.40. The van der Waals surface area contributed by atoms with E-state index in [9.17, 15) is 14.7 Å². The molecule has 0 amide bonds. The molecule has 0 fully saturated rings. The Morgan fingerprint density at radius 3 is 2.49 bits per heavy atom. The molecule has 0 aliphatic heterocycles. The van der Waals surface area contributed by atoms with Gasteiger partial charge in [0.05, 0.1) is 19.4 Å². The Balaban J connectivity index is 2.18. The molecule has 9 nitrogen and oxygen atoms in total. The van der Waals surface area contributed by atoms with Crippen molar-refractivity contribution in [3.63, 3.8) is 0 Å². The molecule has 1 aromatic carbocycles. The summed E-state index contributed by atoms with van der Waals surface area (Å²) in [5, 5.41) is 9.86. The zero-order valence-corrected chi connectivity index (χ0v) is 21.4. The Labute approximate surface area is 206 Å². The minimum absolute atomic E-state index is 0.0588. The van der Waals surface area contributed by atoms with E-state index in [4.69, 9.17) is 18.9 Å². The summed E-state index contributed by atoms with van der Waals surface area (Å²) < 4.78 is 22.7. The number of nitrogens with one attached hydrogen (secondary N) is 1. The first-order chi connectivity index (χ1) is 16.7. The summed E-state index contributed by atoms with van der Waals surface area (Å²) in [6.07, 6.45) is 1.39. The molecule has 0 spiro atoms. The molecule has 1 aliphatic rings. The molecule has 1 aromatic heterocycles. The number of carbonyl (C=O) groups is 1. The van der Waals surface area contributed by atoms with E-state index in [2.05, 4.69) is 18.8 Å². The molecular weight excluding hydrogens is 452 g/mol. The average molecular weight is 489 g/mol. The summed E-state index contributed by atoms with van der Waals surface area (Å²) in [7, 11) is 7.03. The van der Waals surface area contributed by atoms with E-state index >= 15 is 0 Å². The molecule has 2 aromatic rings. The molecule has 192 valence electrons. The van der Waals surface area contributed by atoms with Crippen LogP contribution in [-0.2, 0) is 11.2 Å². The van der Waals surface area contributed by atoms with E-state index in [0.717, 1.165) is 23.1 Å². The number of H-pyrrole nitrogens is 1. The van der Waals surface area contributed by atoms with E-state index in [1.54, 1.807) is 14.2 Å². The molecule has 1 heterocycles. The van der Waals surface area contributed by atoms with Crippen molar-refractivity contribution < 1.29 is 28.8 Å². The molecule has 0 radical (unpaired) electrons. The highest BCUT2D eigenvalue weighted by Gasteiger charge is 2.35. The highest BCUT2D eigenvalue weighted by molar-refractivity contribution is 5.93. The minimum atomic E-state index is -1.31. The molecule has 1 atom stereocenters. The molecule has 1 unspecified atom stereocenters. The fraction of sp³-hybridized carbons (Fsp3) is 0.538. The Morgan fingerprint density at radius 2 is 1.89 bits per heavy atom. The number of likely N-dealkylation sites (N-methyl/N-ethyl adjacent to an activating group) is 1. The zero-order chi connectivity index (χ0) is 25.7. The fourth-order valence-electron chi connectivity index (χ4n) is 4.40. The quantitative estimate of drug-likeness (QED) is 0.438. The van der Waals surface area contributed by atoms with Crippen LogP contribution in [0.4, 0.5) is 0 Å². The first kappa shape index (κ1) is 26.6. The van der Waals surface area contributed by atoms with E-state index in [1.807, 2.05) is 31.1 Å². The number of methoxy groups -OCH3 is 2. The standard InChI is InChI=1S/C26H36N2O7/c1-15(2)17-12-16-13-20(34-10-7-9-32-5)19(33-6)14-18(16)23-21(17)24(35-11-8-28(3)4)22(26(30)31)25(29)27-23/h13-15,17H,7-12H2,1-6H3,(H,27,29)(H,30,31). The highest BCUT2D eigenvalue weighted by Crippen LogP contribution is 2.49. The topological polar surface area (TPSA) is 110 Å². The van der Waals surface area contributed by atoms with Crippen LogP contribution in [0.3, 0.4) is 0 Å². The van der Waals surface area contributed by atoms with Crippen molar-refractivity contribution in [2.75, 3.05) is 54.7 Å². The number of ether oxygens (including phenoxy) is 4. The Kier molecular flexibility index (Phi) is 8.80. The number of aromatic nitrogens is 1. The Morgan fingerprint density at radius 1 is 1.14 bits per heavy atom. The Bertz CT molecular complexity index is 1110. The first-order valence-corrected chi connectivity index (χ1v) is 11.8. The summed E-state index contributed by atoms with van der Waals surface area (Å²) in [5.41, 5.74) is 2.02. The number of fused-ring (bicyclic) bond motifs is 3. The smallest absolute Gasteiger partial charge is 0.345 e. The Hall–Kier alpha value is -3.04. The largest absolute Gasteiger partial charge is 0.493 e. The number of carboxylic acids is 1. The van der Waals surface area contributed by atoms with Crippen LogP contribution in [0.25, 0.3) is 11.3 Å². The van der Waals surface area contributed by atoms with Gasteiger partial charge in [-0.15, -0.1) is 0 Å². The van der Waals surface area contributed by atoms with Crippen LogP contribution in [0.2, 0.25) is 0 Å². The van der Waals surface area contributed by atoms with Gasteiger partial charge in [0, 0.05) is 37.8 Å². The first-order valence-electron chi connectivity index (χ1n) is 11.8. The third-order valence-corrected chi connectivity index (χ3v) is 6.23. The van der Waals surface area contributed by atoms with Crippen LogP contribution in [0.1, 0.15) is 47.7 Å². The number of hydrogen-bond donors (Lipinski definition) is 2. The molecule has 9 heteroatoms. The maximum atomic E-state index is 13.0. The van der Waals surface area contributed by atoms with Crippen molar-refractivity contribution in [3.8, 4) is 28.5 Å². The molecule has 3 rings (SSSR count). The van der Waals surface area contributed by atoms with Gasteiger partial charge < -0.3 is 33.9 Å². The van der Waals surface area contributed by atoms with Crippen LogP contribution >= 0.6 is 0 Å². The lowest BCUT2D eigenvalue weighted by molar-refractivity contribution is 0.0689. The monoisotopic (exact) mass is 488 g/mol. The van der Waals surface area contributed by atoms with Crippen LogP contribution in [-0.4, -0.2) is 75.6 Å². The normalized spacial score (nSPS) is 14.6. The van der Waals surface area contributed by atoms with Crippen LogP contribution in [0.5, 0.6) is 17.2 Å². The summed E-state index contributed by atoms with van der Waals surface area (Å²) in [4.78, 5) is 29.8. The second-order valence-electron chi connectivity index (χ2n) is 9.31. The van der Waals surface area contributed by atoms with Crippen molar-refractivity contribution in [1.29, 1.82) is 0 Å². The van der Waals surface area contributed by atoms with Gasteiger partial charge in [0.1, 0.15) is 12.4 Å². The molecule has 1 aliphatic carbocycles. The van der Waals surface area contributed by atoms with Crippen molar-refractivity contribution in [3.05, 3.63) is 39.2 Å². The number of aromatic carboxylic acids is 1. The van der Waals surface area contributed by atoms with Gasteiger partial charge >= 0.3 is 5.97 Å². The average Bonchev–Trinajstić information content (AvgIpc) is 2.79. The van der Waals surface area contributed by atoms with E-state index in [1.165, 1.54) is 0 Å². The summed E-state index contributed by atoms with van der Waals surface area (Å²) in [5.74, 6) is 0.116. The number of pyridine rings is 1. The zero-order valence-electron chi connectivity index (χ0n) is 21.4. The number of benzene rings is 1. The van der Waals surface area contributed by atoms with Gasteiger partial charge in [0.25, 0.3) is 5.56 Å². The molecular formula is C26H36N2O7. The highest BCUT2D eigenvalue weighted by atomic mass is 16.5. The predicted molar refractivity (Wildman–Crippen MR) is 133 cm³/mol. The van der Waals surface area contributed by atoms with Gasteiger partial charge in [-0.05, 0) is 50.0 Å². The number of rotatable bonds is 12. The maximum Gasteiger partial charge on any atom is 0.345 e. The second-order valence-corrected chi connectivity index (χ2v) is 9.31. The summed E-state index contributed by atoms with van der Waals surface area (Å²) in [6, 6.07) is 3.80. The SMILES string of the molecule is COCCCOc1cc2c(cc1OC)-c1[nH]c(=O)c(C(=O)O)c(OCCN(C)C)c1C(C(C)C)C2. The van der Waals surface area contributed by atoms with Gasteiger partial charge in [-0.3, -0.25) is 4.79 Å². The van der Waals surface area contributed by atoms with E-state index in [-0.39, 0.29) is 29.8 Å². The third-order valence-electron chi connectivity index (χ3n) is 6.23. The number of carboxylic acid groups (broad SMARTS) is 1. The van der Waals surface area contributed by atoms with Crippen LogP contribution in [0.15, 0.2) is 16.9 Å². The van der Waals surface area contributed by atoms with Gasteiger partial charge in [-0.25, -0.2) is 4.79 Å². The molecule has 0 bridgehead atoms. The molecule has 2 N–H and O–H groups in total. The lowest BCUT2D eigenvalue weighted by Crippen LogP contribution is -2.28. The maximum absolute atomic E-state index is 13.0. The summed E-state index contributed by atoms with van der Waals surface area (Å²) >= 11 is 0. The lowest BCUT2D eigenvalue weighted by Gasteiger charge is -2.33. The van der Waals surface area contributed by atoms with Crippen LogP contribution in [0, 0.1) is 5.92 Å². The minimum Gasteiger partial charge on any atom is -0.493 e. The molecule has 0 saturated heterocycles. The number of aromatic amines is 1. The van der Waals surface area contributed by atoms with Gasteiger partial charge in [0.15, 0.2) is 17.1 Å². The van der Waals surface area contributed by atoms with Crippen molar-refractivity contribution >= 4 is 5.97 Å². The van der Waals surface area contributed by atoms with Gasteiger partial charge in [-0.2, -0.15) is 0 Å². The molecule has 0 saturated carbocycles. The van der Waals surface area contributed by atoms with E-state index < -0.39 is 11.5 Å². The van der Waals surface area contributed by atoms with Gasteiger partial charge in [-0.1, -0.05) is 13.8 Å². The number of hydrogen-bond acceptors (Lipinski definition) is 7. The van der Waals surface area contributed by atoms with Crippen molar-refractivity contribution in [2.24, 2.45) is 5.92 Å². The lowest BCUT2D eigenvalue weighted by atomic mass is 9.75.